The van der Waals surface area contributed by atoms with E-state index in [9.17, 15) is 9.59 Å². The van der Waals surface area contributed by atoms with Crippen LogP contribution in [0.3, 0.4) is 0 Å². The second-order valence-corrected chi connectivity index (χ2v) is 6.72. The largest absolute Gasteiger partial charge is 0.350 e. The molecule has 1 aliphatic carbocycles. The minimum Gasteiger partial charge on any atom is -0.350 e. The molecule has 8 nitrogen and oxygen atoms in total. The molecule has 2 N–H and O–H groups in total. The summed E-state index contributed by atoms with van der Waals surface area (Å²) in [6.07, 6.45) is 5.10. The van der Waals surface area contributed by atoms with Crippen LogP contribution < -0.4 is 10.9 Å². The van der Waals surface area contributed by atoms with Crippen LogP contribution in [0.25, 0.3) is 5.69 Å². The molecule has 2 aromatic heterocycles. The molecule has 3 aromatic rings. The Morgan fingerprint density at radius 1 is 1.26 bits per heavy atom. The molecule has 1 fully saturated rings. The Balaban J connectivity index is 1.34. The van der Waals surface area contributed by atoms with Gasteiger partial charge in [-0.2, -0.15) is 4.98 Å². The zero-order valence-corrected chi connectivity index (χ0v) is 14.9. The van der Waals surface area contributed by atoms with Gasteiger partial charge in [0.25, 0.3) is 11.5 Å². The lowest BCUT2D eigenvalue weighted by Gasteiger charge is -2.03. The van der Waals surface area contributed by atoms with Gasteiger partial charge >= 0.3 is 0 Å². The fourth-order valence-corrected chi connectivity index (χ4v) is 3.37. The number of nitrogens with one attached hydrogen (secondary N) is 2. The first kappa shape index (κ1) is 17.3. The van der Waals surface area contributed by atoms with Crippen molar-refractivity contribution >= 4 is 5.91 Å². The Hall–Kier alpha value is -3.16. The van der Waals surface area contributed by atoms with Crippen molar-refractivity contribution < 1.29 is 9.32 Å². The number of carbonyl (C=O) groups excluding carboxylic acids is 1. The molecule has 0 atom stereocenters. The number of nitrogens with zero attached hydrogens (tertiary/aromatic N) is 3. The summed E-state index contributed by atoms with van der Waals surface area (Å²) in [6.45, 7) is 0.362. The highest BCUT2D eigenvalue weighted by Crippen LogP contribution is 2.32. The predicted molar refractivity (Wildman–Crippen MR) is 97.9 cm³/mol. The quantitative estimate of drug-likeness (QED) is 0.695. The number of aromatic nitrogens is 4. The van der Waals surface area contributed by atoms with Gasteiger partial charge in [0.2, 0.25) is 5.89 Å². The van der Waals surface area contributed by atoms with Crippen LogP contribution in [0.5, 0.6) is 0 Å². The average Bonchev–Trinajstić information content (AvgIpc) is 3.43. The van der Waals surface area contributed by atoms with Crippen molar-refractivity contribution in [3.8, 4) is 5.69 Å². The van der Waals surface area contributed by atoms with Gasteiger partial charge in [0, 0.05) is 24.9 Å². The van der Waals surface area contributed by atoms with E-state index in [2.05, 4.69) is 20.6 Å². The van der Waals surface area contributed by atoms with Gasteiger partial charge in [-0.1, -0.05) is 36.2 Å². The van der Waals surface area contributed by atoms with Gasteiger partial charge in [-0.25, -0.2) is 4.68 Å². The molecule has 2 heterocycles. The van der Waals surface area contributed by atoms with E-state index in [1.807, 2.05) is 18.2 Å². The van der Waals surface area contributed by atoms with Crippen LogP contribution in [-0.4, -0.2) is 32.4 Å². The molecule has 0 saturated heterocycles. The molecule has 1 saturated carbocycles. The van der Waals surface area contributed by atoms with E-state index in [0.29, 0.717) is 36.3 Å². The van der Waals surface area contributed by atoms with Crippen LogP contribution in [0.15, 0.2) is 45.7 Å². The third kappa shape index (κ3) is 3.84. The second-order valence-electron chi connectivity index (χ2n) is 6.72. The minimum atomic E-state index is -0.346. The smallest absolute Gasteiger partial charge is 0.271 e. The van der Waals surface area contributed by atoms with Crippen molar-refractivity contribution in [2.45, 2.75) is 38.0 Å². The third-order valence-corrected chi connectivity index (χ3v) is 4.80. The fourth-order valence-electron chi connectivity index (χ4n) is 3.37. The van der Waals surface area contributed by atoms with E-state index in [1.165, 1.54) is 23.6 Å². The molecule has 0 bridgehead atoms. The Morgan fingerprint density at radius 3 is 2.81 bits per heavy atom. The van der Waals surface area contributed by atoms with Crippen molar-refractivity contribution in [2.75, 3.05) is 6.54 Å². The molecule has 4 rings (SSSR count). The van der Waals surface area contributed by atoms with E-state index in [-0.39, 0.29) is 17.2 Å². The number of carbonyl (C=O) groups is 1. The van der Waals surface area contributed by atoms with Crippen LogP contribution in [0.1, 0.15) is 53.8 Å². The Labute approximate surface area is 155 Å². The van der Waals surface area contributed by atoms with Crippen molar-refractivity contribution in [1.82, 2.24) is 25.2 Å². The minimum absolute atomic E-state index is 0.212. The van der Waals surface area contributed by atoms with Crippen LogP contribution in [0.4, 0.5) is 0 Å². The molecule has 0 aliphatic heterocycles. The second kappa shape index (κ2) is 7.61. The van der Waals surface area contributed by atoms with E-state index in [1.54, 1.807) is 12.1 Å². The van der Waals surface area contributed by atoms with E-state index in [0.717, 1.165) is 12.8 Å². The molecular formula is C19H21N5O3. The lowest BCUT2D eigenvalue weighted by Crippen LogP contribution is -2.26. The molecule has 1 amide bonds. The van der Waals surface area contributed by atoms with Gasteiger partial charge in [0.15, 0.2) is 5.82 Å². The van der Waals surface area contributed by atoms with Gasteiger partial charge in [0.1, 0.15) is 5.69 Å². The maximum atomic E-state index is 12.3. The molecule has 0 unspecified atom stereocenters. The lowest BCUT2D eigenvalue weighted by atomic mass is 10.1. The SMILES string of the molecule is O=C(NCCc1noc(C2CCCC2)n1)c1cc(=O)n(-c2ccccc2)[nH]1. The summed E-state index contributed by atoms with van der Waals surface area (Å²) in [6, 6.07) is 10.4. The molecule has 1 aliphatic rings. The molecule has 0 spiro atoms. The van der Waals surface area contributed by atoms with Crippen LogP contribution >= 0.6 is 0 Å². The fraction of sp³-hybridized carbons (Fsp3) is 0.368. The monoisotopic (exact) mass is 367 g/mol. The summed E-state index contributed by atoms with van der Waals surface area (Å²) < 4.78 is 6.67. The Morgan fingerprint density at radius 2 is 2.04 bits per heavy atom. The van der Waals surface area contributed by atoms with Crippen LogP contribution in [0, 0.1) is 0 Å². The highest BCUT2D eigenvalue weighted by molar-refractivity contribution is 5.92. The lowest BCUT2D eigenvalue weighted by molar-refractivity contribution is 0.0948. The van der Waals surface area contributed by atoms with Crippen LogP contribution in [0.2, 0.25) is 0 Å². The number of aromatic amines is 1. The van der Waals surface area contributed by atoms with Crippen molar-refractivity contribution in [2.24, 2.45) is 0 Å². The summed E-state index contributed by atoms with van der Waals surface area (Å²) in [7, 11) is 0. The number of benzene rings is 1. The highest BCUT2D eigenvalue weighted by Gasteiger charge is 2.22. The van der Waals surface area contributed by atoms with Gasteiger partial charge in [0.05, 0.1) is 5.69 Å². The predicted octanol–water partition coefficient (Wildman–Crippen LogP) is 2.18. The molecule has 8 heteroatoms. The number of amides is 1. The zero-order chi connectivity index (χ0) is 18.6. The normalized spacial score (nSPS) is 14.5. The van der Waals surface area contributed by atoms with Gasteiger partial charge in [-0.15, -0.1) is 0 Å². The van der Waals surface area contributed by atoms with Crippen molar-refractivity contribution in [3.05, 3.63) is 64.2 Å². The standard InChI is InChI=1S/C19H21N5O3/c25-17-12-15(22-24(17)14-8-2-1-3-9-14)18(26)20-11-10-16-21-19(27-23-16)13-6-4-5-7-13/h1-3,8-9,12-13,22H,4-7,10-11H2,(H,20,26). The molecule has 1 aromatic carbocycles. The summed E-state index contributed by atoms with van der Waals surface area (Å²) in [5, 5.41) is 9.59. The average molecular weight is 367 g/mol. The molecular weight excluding hydrogens is 346 g/mol. The van der Waals surface area contributed by atoms with Crippen LogP contribution in [-0.2, 0) is 6.42 Å². The van der Waals surface area contributed by atoms with Gasteiger partial charge in [-0.3, -0.25) is 14.7 Å². The maximum absolute atomic E-state index is 12.3. The first-order chi connectivity index (χ1) is 13.2. The summed E-state index contributed by atoms with van der Waals surface area (Å²) in [5.74, 6) is 1.33. The number of rotatable bonds is 6. The number of hydrogen-bond donors (Lipinski definition) is 2. The zero-order valence-electron chi connectivity index (χ0n) is 14.9. The first-order valence-electron chi connectivity index (χ1n) is 9.19. The number of hydrogen-bond acceptors (Lipinski definition) is 5. The summed E-state index contributed by atoms with van der Waals surface area (Å²) in [4.78, 5) is 28.8. The Kier molecular flexibility index (Phi) is 4.86. The Bertz CT molecular complexity index is 967. The van der Waals surface area contributed by atoms with Gasteiger partial charge < -0.3 is 9.84 Å². The molecule has 27 heavy (non-hydrogen) atoms. The first-order valence-corrected chi connectivity index (χ1v) is 9.19. The van der Waals surface area contributed by atoms with E-state index < -0.39 is 0 Å². The maximum Gasteiger partial charge on any atom is 0.271 e. The van der Waals surface area contributed by atoms with Gasteiger partial charge in [-0.05, 0) is 25.0 Å². The van der Waals surface area contributed by atoms with Crippen molar-refractivity contribution in [1.29, 1.82) is 0 Å². The number of para-hydroxylation sites is 1. The summed E-state index contributed by atoms with van der Waals surface area (Å²) in [5.41, 5.74) is 0.599. The number of H-pyrrole nitrogens is 1. The summed E-state index contributed by atoms with van der Waals surface area (Å²) >= 11 is 0. The molecule has 0 radical (unpaired) electrons. The molecule has 140 valence electrons. The van der Waals surface area contributed by atoms with Crippen molar-refractivity contribution in [3.63, 3.8) is 0 Å². The van der Waals surface area contributed by atoms with E-state index >= 15 is 0 Å². The topological polar surface area (TPSA) is 106 Å². The third-order valence-electron chi connectivity index (χ3n) is 4.80. The van der Waals surface area contributed by atoms with E-state index in [4.69, 9.17) is 4.52 Å². The highest BCUT2D eigenvalue weighted by atomic mass is 16.5.